The lowest BCUT2D eigenvalue weighted by Gasteiger charge is -2.30. The van der Waals surface area contributed by atoms with Crippen molar-refractivity contribution in [1.29, 1.82) is 0 Å². The number of aromatic amines is 2. The number of nitrogens with one attached hydrogen (secondary N) is 2. The van der Waals surface area contributed by atoms with Gasteiger partial charge in [-0.2, -0.15) is 0 Å². The van der Waals surface area contributed by atoms with Gasteiger partial charge in [0.05, 0.1) is 0 Å². The van der Waals surface area contributed by atoms with Gasteiger partial charge in [-0.1, -0.05) is 0 Å². The van der Waals surface area contributed by atoms with Gasteiger partial charge in [0, 0.05) is 13.1 Å². The van der Waals surface area contributed by atoms with Crippen LogP contribution >= 0.6 is 12.2 Å². The van der Waals surface area contributed by atoms with Crippen molar-refractivity contribution in [2.75, 3.05) is 19.6 Å². The standard InChI is InChI=1S/C7H12N4OS/c12-6-8-9-7(13)11(6)5-4-10-2-1-3-10/h1-5H2,(H,8,12)(H,9,13). The zero-order chi connectivity index (χ0) is 9.26. The lowest BCUT2D eigenvalue weighted by molar-refractivity contribution is 0.174. The van der Waals surface area contributed by atoms with Gasteiger partial charge in [0.2, 0.25) is 0 Å². The van der Waals surface area contributed by atoms with E-state index in [0.717, 1.165) is 19.6 Å². The molecule has 1 aromatic rings. The topological polar surface area (TPSA) is 56.8 Å². The van der Waals surface area contributed by atoms with Crippen LogP contribution in [0.2, 0.25) is 0 Å². The molecule has 0 spiro atoms. The van der Waals surface area contributed by atoms with Crippen LogP contribution in [0.1, 0.15) is 6.42 Å². The van der Waals surface area contributed by atoms with E-state index in [9.17, 15) is 4.79 Å². The molecule has 2 N–H and O–H groups in total. The minimum Gasteiger partial charge on any atom is -0.301 e. The van der Waals surface area contributed by atoms with Crippen molar-refractivity contribution in [1.82, 2.24) is 19.7 Å². The second kappa shape index (κ2) is 3.47. The first-order chi connectivity index (χ1) is 6.27. The van der Waals surface area contributed by atoms with Gasteiger partial charge < -0.3 is 4.90 Å². The molecule has 13 heavy (non-hydrogen) atoms. The Morgan fingerprint density at radius 1 is 1.31 bits per heavy atom. The van der Waals surface area contributed by atoms with Gasteiger partial charge in [-0.3, -0.25) is 9.67 Å². The average Bonchev–Trinajstić information content (AvgIpc) is 2.32. The lowest BCUT2D eigenvalue weighted by atomic mass is 10.2. The molecule has 0 radical (unpaired) electrons. The van der Waals surface area contributed by atoms with E-state index < -0.39 is 0 Å². The summed E-state index contributed by atoms with van der Waals surface area (Å²) in [7, 11) is 0. The predicted octanol–water partition coefficient (Wildman–Crippen LogP) is -0.0603. The van der Waals surface area contributed by atoms with Crippen LogP contribution in [-0.4, -0.2) is 39.3 Å². The highest BCUT2D eigenvalue weighted by Crippen LogP contribution is 2.04. The van der Waals surface area contributed by atoms with Crippen molar-refractivity contribution >= 4 is 12.2 Å². The highest BCUT2D eigenvalue weighted by atomic mass is 32.1. The lowest BCUT2D eigenvalue weighted by Crippen LogP contribution is -2.40. The summed E-state index contributed by atoms with van der Waals surface area (Å²) in [5.74, 6) is 0. The number of hydrogen-bond acceptors (Lipinski definition) is 3. The predicted molar refractivity (Wildman–Crippen MR) is 51.3 cm³/mol. The van der Waals surface area contributed by atoms with Gasteiger partial charge in [0.25, 0.3) is 0 Å². The number of rotatable bonds is 3. The number of nitrogens with zero attached hydrogens (tertiary/aromatic N) is 2. The van der Waals surface area contributed by atoms with Crippen molar-refractivity contribution in [2.24, 2.45) is 0 Å². The Morgan fingerprint density at radius 2 is 2.08 bits per heavy atom. The van der Waals surface area contributed by atoms with Crippen molar-refractivity contribution in [2.45, 2.75) is 13.0 Å². The first-order valence-electron chi connectivity index (χ1n) is 4.37. The van der Waals surface area contributed by atoms with E-state index in [-0.39, 0.29) is 5.69 Å². The van der Waals surface area contributed by atoms with Crippen molar-refractivity contribution in [3.63, 3.8) is 0 Å². The Bertz CT molecular complexity index is 358. The first-order valence-corrected chi connectivity index (χ1v) is 4.78. The molecule has 0 atom stereocenters. The third kappa shape index (κ3) is 1.73. The number of hydrogen-bond donors (Lipinski definition) is 2. The highest BCUT2D eigenvalue weighted by molar-refractivity contribution is 7.71. The molecule has 0 aliphatic carbocycles. The van der Waals surface area contributed by atoms with Crippen molar-refractivity contribution < 1.29 is 0 Å². The van der Waals surface area contributed by atoms with Crippen LogP contribution in [0.25, 0.3) is 0 Å². The maximum Gasteiger partial charge on any atom is 0.342 e. The molecule has 1 aliphatic heterocycles. The summed E-state index contributed by atoms with van der Waals surface area (Å²) in [6.45, 7) is 3.89. The van der Waals surface area contributed by atoms with E-state index in [4.69, 9.17) is 12.2 Å². The minimum atomic E-state index is -0.148. The molecule has 0 amide bonds. The summed E-state index contributed by atoms with van der Waals surface area (Å²) in [5.41, 5.74) is -0.148. The van der Waals surface area contributed by atoms with E-state index in [1.54, 1.807) is 4.57 Å². The fourth-order valence-corrected chi connectivity index (χ4v) is 1.61. The Balaban J connectivity index is 2.00. The van der Waals surface area contributed by atoms with E-state index in [1.165, 1.54) is 6.42 Å². The van der Waals surface area contributed by atoms with Gasteiger partial charge in [-0.25, -0.2) is 9.89 Å². The van der Waals surface area contributed by atoms with Gasteiger partial charge in [0.15, 0.2) is 4.77 Å². The van der Waals surface area contributed by atoms with Crippen LogP contribution in [0.15, 0.2) is 4.79 Å². The van der Waals surface area contributed by atoms with Gasteiger partial charge in [-0.15, -0.1) is 0 Å². The maximum absolute atomic E-state index is 11.1. The van der Waals surface area contributed by atoms with Gasteiger partial charge >= 0.3 is 5.69 Å². The molecule has 6 heteroatoms. The van der Waals surface area contributed by atoms with Gasteiger partial charge in [-0.05, 0) is 31.7 Å². The molecular formula is C7H12N4OS. The van der Waals surface area contributed by atoms with Crippen molar-refractivity contribution in [3.05, 3.63) is 15.3 Å². The summed E-state index contributed by atoms with van der Waals surface area (Å²) in [4.78, 5) is 13.4. The quantitative estimate of drug-likeness (QED) is 0.672. The molecule has 1 aromatic heterocycles. The molecule has 0 bridgehead atoms. The average molecular weight is 200 g/mol. The van der Waals surface area contributed by atoms with E-state index in [0.29, 0.717) is 11.3 Å². The Hall–Kier alpha value is -0.880. The first kappa shape index (κ1) is 8.71. The molecular weight excluding hydrogens is 188 g/mol. The Kier molecular flexibility index (Phi) is 2.32. The Labute approximate surface area is 80.4 Å². The fourth-order valence-electron chi connectivity index (χ4n) is 1.38. The van der Waals surface area contributed by atoms with E-state index >= 15 is 0 Å². The number of likely N-dealkylation sites (tertiary alicyclic amines) is 1. The third-order valence-corrected chi connectivity index (χ3v) is 2.68. The Morgan fingerprint density at radius 3 is 2.54 bits per heavy atom. The van der Waals surface area contributed by atoms with E-state index in [2.05, 4.69) is 15.1 Å². The van der Waals surface area contributed by atoms with Crippen LogP contribution < -0.4 is 5.69 Å². The molecule has 0 unspecified atom stereocenters. The zero-order valence-corrected chi connectivity index (χ0v) is 8.06. The minimum absolute atomic E-state index is 0.148. The summed E-state index contributed by atoms with van der Waals surface area (Å²) in [6.07, 6.45) is 1.27. The molecule has 1 saturated heterocycles. The highest BCUT2D eigenvalue weighted by Gasteiger charge is 2.13. The third-order valence-electron chi connectivity index (χ3n) is 2.36. The number of aromatic nitrogens is 3. The summed E-state index contributed by atoms with van der Waals surface area (Å²) in [6, 6.07) is 0. The smallest absolute Gasteiger partial charge is 0.301 e. The monoisotopic (exact) mass is 200 g/mol. The zero-order valence-electron chi connectivity index (χ0n) is 7.25. The molecule has 0 aromatic carbocycles. The molecule has 2 rings (SSSR count). The van der Waals surface area contributed by atoms with Crippen LogP contribution in [0, 0.1) is 4.77 Å². The summed E-state index contributed by atoms with van der Waals surface area (Å²) < 4.78 is 2.03. The summed E-state index contributed by atoms with van der Waals surface area (Å²) in [5, 5.41) is 5.07. The normalized spacial score (nSPS) is 17.2. The van der Waals surface area contributed by atoms with E-state index in [1.807, 2.05) is 0 Å². The van der Waals surface area contributed by atoms with Crippen LogP contribution in [0.4, 0.5) is 0 Å². The molecule has 0 saturated carbocycles. The number of H-pyrrole nitrogens is 2. The molecule has 2 heterocycles. The maximum atomic E-state index is 11.1. The fraction of sp³-hybridized carbons (Fsp3) is 0.714. The van der Waals surface area contributed by atoms with Crippen LogP contribution in [0.5, 0.6) is 0 Å². The molecule has 5 nitrogen and oxygen atoms in total. The van der Waals surface area contributed by atoms with Crippen LogP contribution in [-0.2, 0) is 6.54 Å². The van der Waals surface area contributed by atoms with Crippen LogP contribution in [0.3, 0.4) is 0 Å². The SMILES string of the molecule is O=c1[nH][nH]c(=S)n1CCN1CCC1. The van der Waals surface area contributed by atoms with Crippen molar-refractivity contribution in [3.8, 4) is 0 Å². The second-order valence-electron chi connectivity index (χ2n) is 3.21. The molecule has 72 valence electrons. The second-order valence-corrected chi connectivity index (χ2v) is 3.59. The van der Waals surface area contributed by atoms with Gasteiger partial charge in [0.1, 0.15) is 0 Å². The molecule has 1 aliphatic rings. The largest absolute Gasteiger partial charge is 0.342 e. The summed E-state index contributed by atoms with van der Waals surface area (Å²) >= 11 is 4.94. The molecule has 1 fully saturated rings.